The van der Waals surface area contributed by atoms with E-state index in [9.17, 15) is 31.1 Å². The number of benzene rings is 1. The number of amidine groups is 1. The fraction of sp³-hybridized carbons (Fsp3) is 0.565. The highest BCUT2D eigenvalue weighted by molar-refractivity contribution is 8.18. The third-order valence-corrected chi connectivity index (χ3v) is 6.59. The molecule has 0 saturated carbocycles. The van der Waals surface area contributed by atoms with Crippen LogP contribution in [0.15, 0.2) is 34.2 Å². The molecule has 0 spiro atoms. The topological polar surface area (TPSA) is 63.2 Å². The van der Waals surface area contributed by atoms with Gasteiger partial charge in [-0.15, -0.1) is 0 Å². The van der Waals surface area contributed by atoms with E-state index < -0.39 is 23.5 Å². The number of amides is 1. The van der Waals surface area contributed by atoms with Gasteiger partial charge in [0.1, 0.15) is 5.84 Å². The molecular formula is C23H27F6N3O3S. The van der Waals surface area contributed by atoms with Crippen LogP contribution in [0.5, 0.6) is 0 Å². The Morgan fingerprint density at radius 1 is 1.11 bits per heavy atom. The van der Waals surface area contributed by atoms with Crippen LogP contribution < -0.4 is 5.32 Å². The van der Waals surface area contributed by atoms with Crippen molar-refractivity contribution in [1.82, 2.24) is 10.2 Å². The first-order valence-electron chi connectivity index (χ1n) is 11.3. The van der Waals surface area contributed by atoms with Gasteiger partial charge < -0.3 is 14.8 Å². The van der Waals surface area contributed by atoms with Gasteiger partial charge in [-0.25, -0.2) is 0 Å². The molecule has 1 aromatic carbocycles. The van der Waals surface area contributed by atoms with Crippen LogP contribution in [-0.2, 0) is 28.4 Å². The Bertz CT molecular complexity index is 973. The van der Waals surface area contributed by atoms with Crippen LogP contribution in [0.4, 0.5) is 31.1 Å². The highest BCUT2D eigenvalue weighted by Gasteiger charge is 2.38. The summed E-state index contributed by atoms with van der Waals surface area (Å²) in [6.45, 7) is 2.51. The van der Waals surface area contributed by atoms with Crippen molar-refractivity contribution < 1.29 is 40.6 Å². The second-order valence-electron chi connectivity index (χ2n) is 8.36. The minimum absolute atomic E-state index is 0.0919. The number of nitrogens with zero attached hydrogens (tertiary/aromatic N) is 2. The predicted molar refractivity (Wildman–Crippen MR) is 124 cm³/mol. The van der Waals surface area contributed by atoms with Gasteiger partial charge in [-0.05, 0) is 61.3 Å². The van der Waals surface area contributed by atoms with Crippen LogP contribution in [0, 0.1) is 5.92 Å². The van der Waals surface area contributed by atoms with Gasteiger partial charge in [-0.3, -0.25) is 14.7 Å². The van der Waals surface area contributed by atoms with E-state index in [4.69, 9.17) is 9.47 Å². The molecule has 0 bridgehead atoms. The standard InChI is InChI=1S/C23H27F6N3O3S/c1-34-10-11-35-9-6-30-20-19(36-21(33)31-20)12-15-4-7-32(8-5-15)14-16-2-3-17(22(24,25)26)13-18(16)23(27,28)29/h2-3,12-13,15H,4-11,14H2,1H3,(H,30,31,33). The molecule has 6 nitrogen and oxygen atoms in total. The lowest BCUT2D eigenvalue weighted by atomic mass is 9.95. The van der Waals surface area contributed by atoms with Crippen molar-refractivity contribution in [3.05, 3.63) is 45.9 Å². The molecule has 0 unspecified atom stereocenters. The lowest BCUT2D eigenvalue weighted by Crippen LogP contribution is -2.33. The van der Waals surface area contributed by atoms with Gasteiger partial charge in [-0.1, -0.05) is 12.1 Å². The van der Waals surface area contributed by atoms with Crippen molar-refractivity contribution in [2.75, 3.05) is 46.6 Å². The number of halogens is 6. The summed E-state index contributed by atoms with van der Waals surface area (Å²) in [5.41, 5.74) is -2.77. The molecule has 0 aliphatic carbocycles. The van der Waals surface area contributed by atoms with Crippen LogP contribution in [-0.4, -0.2) is 62.5 Å². The molecule has 1 amide bonds. The molecule has 2 fully saturated rings. The highest BCUT2D eigenvalue weighted by atomic mass is 32.2. The number of carbonyl (C=O) groups excluding carboxylic acids is 1. The van der Waals surface area contributed by atoms with Gasteiger partial charge >= 0.3 is 12.4 Å². The van der Waals surface area contributed by atoms with E-state index in [2.05, 4.69) is 10.3 Å². The van der Waals surface area contributed by atoms with Crippen LogP contribution in [0.25, 0.3) is 0 Å². The Balaban J connectivity index is 1.59. The van der Waals surface area contributed by atoms with Crippen LogP contribution in [0.2, 0.25) is 0 Å². The maximum absolute atomic E-state index is 13.4. The van der Waals surface area contributed by atoms with Gasteiger partial charge in [0.15, 0.2) is 0 Å². The van der Waals surface area contributed by atoms with E-state index in [0.717, 1.165) is 17.8 Å². The Hall–Kier alpha value is -2.09. The number of aliphatic imine (C=N–C) groups is 1. The number of alkyl halides is 6. The molecule has 13 heteroatoms. The van der Waals surface area contributed by atoms with E-state index in [1.54, 1.807) is 12.0 Å². The molecule has 2 heterocycles. The molecule has 2 saturated heterocycles. The predicted octanol–water partition coefficient (Wildman–Crippen LogP) is 5.34. The van der Waals surface area contributed by atoms with E-state index in [1.807, 2.05) is 6.08 Å². The molecule has 1 aromatic rings. The fourth-order valence-electron chi connectivity index (χ4n) is 3.92. The summed E-state index contributed by atoms with van der Waals surface area (Å²) in [5, 5.41) is 2.46. The Morgan fingerprint density at radius 3 is 2.47 bits per heavy atom. The zero-order valence-corrected chi connectivity index (χ0v) is 20.4. The number of hydrogen-bond acceptors (Lipinski definition) is 6. The Labute approximate surface area is 209 Å². The Kier molecular flexibility index (Phi) is 9.84. The third-order valence-electron chi connectivity index (χ3n) is 5.75. The maximum atomic E-state index is 13.4. The number of piperidine rings is 1. The zero-order valence-electron chi connectivity index (χ0n) is 19.5. The van der Waals surface area contributed by atoms with Gasteiger partial charge in [-0.2, -0.15) is 26.3 Å². The lowest BCUT2D eigenvalue weighted by Gasteiger charge is -2.31. The van der Waals surface area contributed by atoms with Crippen LogP contribution >= 0.6 is 11.8 Å². The van der Waals surface area contributed by atoms with Gasteiger partial charge in [0.2, 0.25) is 0 Å². The Morgan fingerprint density at radius 2 is 1.83 bits per heavy atom. The molecule has 0 radical (unpaired) electrons. The zero-order chi connectivity index (χ0) is 26.3. The molecule has 36 heavy (non-hydrogen) atoms. The van der Waals surface area contributed by atoms with Crippen LogP contribution in [0.3, 0.4) is 0 Å². The maximum Gasteiger partial charge on any atom is 0.416 e. The molecule has 0 atom stereocenters. The monoisotopic (exact) mass is 539 g/mol. The second kappa shape index (κ2) is 12.4. The molecule has 2 aliphatic rings. The number of carbonyl (C=O) groups is 1. The average Bonchev–Trinajstić information content (AvgIpc) is 3.15. The number of likely N-dealkylation sites (tertiary alicyclic amines) is 1. The van der Waals surface area contributed by atoms with E-state index >= 15 is 0 Å². The van der Waals surface area contributed by atoms with Crippen molar-refractivity contribution in [2.24, 2.45) is 10.9 Å². The molecule has 2 aliphatic heterocycles. The fourth-order valence-corrected chi connectivity index (χ4v) is 4.74. The largest absolute Gasteiger partial charge is 0.416 e. The van der Waals surface area contributed by atoms with Gasteiger partial charge in [0.05, 0.1) is 42.4 Å². The number of ether oxygens (including phenoxy) is 2. The van der Waals surface area contributed by atoms with E-state index in [-0.39, 0.29) is 29.3 Å². The number of methoxy groups -OCH3 is 1. The third kappa shape index (κ3) is 8.22. The first-order valence-corrected chi connectivity index (χ1v) is 12.1. The molecule has 200 valence electrons. The van der Waals surface area contributed by atoms with Gasteiger partial charge in [0, 0.05) is 13.7 Å². The van der Waals surface area contributed by atoms with Crippen molar-refractivity contribution in [3.63, 3.8) is 0 Å². The summed E-state index contributed by atoms with van der Waals surface area (Å²) in [6.07, 6.45) is -6.52. The molecule has 3 rings (SSSR count). The number of allylic oxidation sites excluding steroid dienone is 1. The summed E-state index contributed by atoms with van der Waals surface area (Å²) < 4.78 is 89.3. The van der Waals surface area contributed by atoms with Crippen molar-refractivity contribution >= 4 is 22.8 Å². The molecule has 0 aromatic heterocycles. The van der Waals surface area contributed by atoms with Crippen molar-refractivity contribution in [1.29, 1.82) is 0 Å². The molecule has 1 N–H and O–H groups in total. The smallest absolute Gasteiger partial charge is 0.382 e. The van der Waals surface area contributed by atoms with Gasteiger partial charge in [0.25, 0.3) is 5.24 Å². The lowest BCUT2D eigenvalue weighted by molar-refractivity contribution is -0.143. The average molecular weight is 540 g/mol. The quantitative estimate of drug-likeness (QED) is 0.339. The summed E-state index contributed by atoms with van der Waals surface area (Å²) in [4.78, 5) is 18.7. The first kappa shape index (κ1) is 28.5. The van der Waals surface area contributed by atoms with E-state index in [1.165, 1.54) is 0 Å². The minimum Gasteiger partial charge on any atom is -0.382 e. The normalized spacial score (nSPS) is 20.5. The summed E-state index contributed by atoms with van der Waals surface area (Å²) in [6, 6.07) is 1.78. The van der Waals surface area contributed by atoms with Crippen molar-refractivity contribution in [3.8, 4) is 0 Å². The summed E-state index contributed by atoms with van der Waals surface area (Å²) in [5.74, 6) is 0.566. The number of thioether (sulfide) groups is 1. The van der Waals surface area contributed by atoms with Crippen molar-refractivity contribution in [2.45, 2.75) is 31.7 Å². The minimum atomic E-state index is -4.89. The molecular weight excluding hydrogens is 512 g/mol. The summed E-state index contributed by atoms with van der Waals surface area (Å²) >= 11 is 1.04. The SMILES string of the molecule is COCCOCCN=C1NC(=O)SC1=CC1CCN(Cc2ccc(C(F)(F)F)cc2C(F)(F)F)CC1. The summed E-state index contributed by atoms with van der Waals surface area (Å²) in [7, 11) is 1.57. The second-order valence-corrected chi connectivity index (χ2v) is 9.38. The van der Waals surface area contributed by atoms with Crippen LogP contribution in [0.1, 0.15) is 29.5 Å². The number of hydrogen-bond donors (Lipinski definition) is 1. The number of nitrogens with one attached hydrogen (secondary N) is 1. The van der Waals surface area contributed by atoms with E-state index in [0.29, 0.717) is 69.1 Å². The number of rotatable bonds is 9. The first-order chi connectivity index (χ1) is 17.0. The highest BCUT2D eigenvalue weighted by Crippen LogP contribution is 2.38.